The van der Waals surface area contributed by atoms with Crippen molar-refractivity contribution in [3.05, 3.63) is 89.5 Å². The van der Waals surface area contributed by atoms with Gasteiger partial charge in [0.15, 0.2) is 5.78 Å². The molecule has 3 heterocycles. The van der Waals surface area contributed by atoms with Crippen molar-refractivity contribution >= 4 is 35.5 Å². The van der Waals surface area contributed by atoms with Crippen LogP contribution in [0.2, 0.25) is 0 Å². The molecular formula is C29H23N3O6. The summed E-state index contributed by atoms with van der Waals surface area (Å²) in [7, 11) is 1.54. The van der Waals surface area contributed by atoms with Gasteiger partial charge in [-0.1, -0.05) is 24.3 Å². The first-order valence-electron chi connectivity index (χ1n) is 12.1. The molecule has 3 aliphatic heterocycles. The fourth-order valence-electron chi connectivity index (χ4n) is 5.68. The van der Waals surface area contributed by atoms with Crippen molar-refractivity contribution in [3.8, 4) is 11.5 Å². The minimum absolute atomic E-state index is 0.296. The lowest BCUT2D eigenvalue weighted by atomic mass is 9.83. The maximum atomic E-state index is 13.9. The van der Waals surface area contributed by atoms with Gasteiger partial charge in [0.1, 0.15) is 17.5 Å². The minimum atomic E-state index is -0.968. The zero-order valence-corrected chi connectivity index (χ0v) is 20.6. The number of nitrogens with zero attached hydrogens (tertiary/aromatic N) is 3. The molecule has 0 aromatic heterocycles. The molecule has 3 aliphatic rings. The van der Waals surface area contributed by atoms with E-state index in [9.17, 15) is 19.2 Å². The summed E-state index contributed by atoms with van der Waals surface area (Å²) in [4.78, 5) is 54.2. The van der Waals surface area contributed by atoms with E-state index in [4.69, 9.17) is 9.47 Å². The summed E-state index contributed by atoms with van der Waals surface area (Å²) in [6, 6.07) is 18.9. The molecule has 2 fully saturated rings. The lowest BCUT2D eigenvalue weighted by molar-refractivity contribution is -0.132. The normalized spacial score (nSPS) is 23.1. The van der Waals surface area contributed by atoms with Crippen LogP contribution in [0.25, 0.3) is 0 Å². The zero-order valence-electron chi connectivity index (χ0n) is 20.6. The maximum Gasteiger partial charge on any atom is 0.308 e. The van der Waals surface area contributed by atoms with Crippen molar-refractivity contribution in [1.29, 1.82) is 0 Å². The Kier molecular flexibility index (Phi) is 5.56. The number of amides is 2. The van der Waals surface area contributed by atoms with Crippen LogP contribution < -0.4 is 14.4 Å². The predicted octanol–water partition coefficient (Wildman–Crippen LogP) is 3.38. The van der Waals surface area contributed by atoms with E-state index in [0.29, 0.717) is 22.7 Å². The molecule has 190 valence electrons. The Morgan fingerprint density at radius 3 is 2.18 bits per heavy atom. The van der Waals surface area contributed by atoms with Gasteiger partial charge in [0.2, 0.25) is 11.8 Å². The number of carbonyl (C=O) groups excluding carboxylic acids is 4. The van der Waals surface area contributed by atoms with Gasteiger partial charge < -0.3 is 9.47 Å². The van der Waals surface area contributed by atoms with Crippen LogP contribution in [0.5, 0.6) is 11.5 Å². The number of esters is 1. The Bertz CT molecular complexity index is 1500. The number of anilines is 1. The molecule has 3 aromatic rings. The Morgan fingerprint density at radius 2 is 1.50 bits per heavy atom. The molecule has 0 bridgehead atoms. The van der Waals surface area contributed by atoms with E-state index >= 15 is 0 Å². The van der Waals surface area contributed by atoms with E-state index < -0.39 is 41.7 Å². The fraction of sp³-hybridized carbons (Fsp3) is 0.207. The highest BCUT2D eigenvalue weighted by molar-refractivity contribution is 6.24. The van der Waals surface area contributed by atoms with Crippen LogP contribution in [0.15, 0.2) is 77.9 Å². The topological polar surface area (TPSA) is 106 Å². The molecule has 6 rings (SSSR count). The van der Waals surface area contributed by atoms with Gasteiger partial charge in [-0.3, -0.25) is 24.2 Å². The summed E-state index contributed by atoms with van der Waals surface area (Å²) < 4.78 is 10.3. The number of ketones is 1. The maximum absolute atomic E-state index is 13.9. The van der Waals surface area contributed by atoms with E-state index in [2.05, 4.69) is 5.10 Å². The number of hydrogen-bond acceptors (Lipinski definition) is 8. The SMILES string of the molecule is COc1ccc(C(=O)[C@H]2[C@H]3C(=O)N(c4ccc(OC(C)=O)cc4)C(=O)[C@H]3[C@H]3c4ccccc4C=NN32)cc1. The number of ether oxygens (including phenoxy) is 2. The molecule has 9 heteroatoms. The Balaban J connectivity index is 1.43. The molecule has 0 saturated carbocycles. The number of carbonyl (C=O) groups is 4. The van der Waals surface area contributed by atoms with Gasteiger partial charge in [0.25, 0.3) is 0 Å². The highest BCUT2D eigenvalue weighted by Crippen LogP contribution is 2.53. The van der Waals surface area contributed by atoms with Crippen molar-refractivity contribution in [2.75, 3.05) is 12.0 Å². The van der Waals surface area contributed by atoms with Crippen LogP contribution in [0.1, 0.15) is 34.5 Å². The molecule has 0 spiro atoms. The first-order valence-corrected chi connectivity index (χ1v) is 12.1. The number of hydrazone groups is 1. The Labute approximate surface area is 218 Å². The molecule has 0 N–H and O–H groups in total. The smallest absolute Gasteiger partial charge is 0.308 e. The predicted molar refractivity (Wildman–Crippen MR) is 137 cm³/mol. The zero-order chi connectivity index (χ0) is 26.6. The number of rotatable bonds is 5. The summed E-state index contributed by atoms with van der Waals surface area (Å²) in [5.41, 5.74) is 2.43. The summed E-state index contributed by atoms with van der Waals surface area (Å²) in [5.74, 6) is -2.47. The molecular weight excluding hydrogens is 486 g/mol. The monoisotopic (exact) mass is 509 g/mol. The average molecular weight is 510 g/mol. The first-order chi connectivity index (χ1) is 18.4. The van der Waals surface area contributed by atoms with Crippen LogP contribution in [-0.4, -0.2) is 47.9 Å². The van der Waals surface area contributed by atoms with Gasteiger partial charge in [-0.2, -0.15) is 5.10 Å². The second-order valence-corrected chi connectivity index (χ2v) is 9.39. The number of imide groups is 1. The van der Waals surface area contributed by atoms with E-state index in [-0.39, 0.29) is 5.78 Å². The molecule has 0 radical (unpaired) electrons. The van der Waals surface area contributed by atoms with E-state index in [1.54, 1.807) is 54.7 Å². The number of benzene rings is 3. The first kappa shape index (κ1) is 23.6. The molecule has 0 aliphatic carbocycles. The molecule has 38 heavy (non-hydrogen) atoms. The lowest BCUT2D eigenvalue weighted by Crippen LogP contribution is -2.44. The summed E-state index contributed by atoms with van der Waals surface area (Å²) in [6.45, 7) is 1.29. The third kappa shape index (κ3) is 3.58. The summed E-state index contributed by atoms with van der Waals surface area (Å²) in [6.07, 6.45) is 1.67. The van der Waals surface area contributed by atoms with Crippen molar-refractivity contribution in [2.45, 2.75) is 19.0 Å². The van der Waals surface area contributed by atoms with Gasteiger partial charge >= 0.3 is 5.97 Å². The van der Waals surface area contributed by atoms with Crippen molar-refractivity contribution in [2.24, 2.45) is 16.9 Å². The highest BCUT2D eigenvalue weighted by Gasteiger charge is 2.65. The number of hydrogen-bond donors (Lipinski definition) is 0. The molecule has 2 amide bonds. The van der Waals surface area contributed by atoms with Crippen LogP contribution in [-0.2, 0) is 14.4 Å². The molecule has 0 unspecified atom stereocenters. The Hall–Kier alpha value is -4.79. The van der Waals surface area contributed by atoms with Gasteiger partial charge in [0, 0.05) is 12.5 Å². The number of fused-ring (bicyclic) bond motifs is 5. The minimum Gasteiger partial charge on any atom is -0.497 e. The van der Waals surface area contributed by atoms with Gasteiger partial charge in [0.05, 0.1) is 36.9 Å². The summed E-state index contributed by atoms with van der Waals surface area (Å²) in [5, 5.41) is 6.20. The molecule has 9 nitrogen and oxygen atoms in total. The van der Waals surface area contributed by atoms with Gasteiger partial charge in [-0.05, 0) is 59.7 Å². The largest absolute Gasteiger partial charge is 0.497 e. The standard InChI is InChI=1S/C29H23N3O6/c1-16(33)38-21-13-9-19(10-14-21)31-28(35)23-24(29(31)36)26(27(34)17-7-11-20(37-2)12-8-17)32-25(23)22-6-4-3-5-18(22)15-30-32/h3-15,23-26H,1-2H3/t23-,24+,25-,26-/m1/s1. The van der Waals surface area contributed by atoms with Crippen LogP contribution in [0.4, 0.5) is 5.69 Å². The highest BCUT2D eigenvalue weighted by atomic mass is 16.5. The van der Waals surface area contributed by atoms with Crippen molar-refractivity contribution < 1.29 is 28.7 Å². The molecule has 3 aromatic carbocycles. The average Bonchev–Trinajstić information content (AvgIpc) is 3.41. The third-order valence-corrected chi connectivity index (χ3v) is 7.29. The second kappa shape index (κ2) is 8.95. The Morgan fingerprint density at radius 1 is 0.842 bits per heavy atom. The summed E-state index contributed by atoms with van der Waals surface area (Å²) >= 11 is 0. The fourth-order valence-corrected chi connectivity index (χ4v) is 5.68. The van der Waals surface area contributed by atoms with E-state index in [1.807, 2.05) is 24.3 Å². The van der Waals surface area contributed by atoms with Gasteiger partial charge in [-0.25, -0.2) is 4.90 Å². The number of Topliss-reactive ketones (excluding diaryl/α,β-unsaturated/α-hetero) is 1. The van der Waals surface area contributed by atoms with Gasteiger partial charge in [-0.15, -0.1) is 0 Å². The van der Waals surface area contributed by atoms with Crippen LogP contribution in [0, 0.1) is 11.8 Å². The van der Waals surface area contributed by atoms with E-state index in [0.717, 1.165) is 16.0 Å². The quantitative estimate of drug-likeness (QED) is 0.225. The van der Waals surface area contributed by atoms with Crippen LogP contribution in [0.3, 0.4) is 0 Å². The second-order valence-electron chi connectivity index (χ2n) is 9.39. The third-order valence-electron chi connectivity index (χ3n) is 7.29. The molecule has 4 atom stereocenters. The van der Waals surface area contributed by atoms with Crippen molar-refractivity contribution in [1.82, 2.24) is 5.01 Å². The molecule has 2 saturated heterocycles. The van der Waals surface area contributed by atoms with E-state index in [1.165, 1.54) is 19.1 Å². The lowest BCUT2D eigenvalue weighted by Gasteiger charge is -2.33. The van der Waals surface area contributed by atoms with Crippen LogP contribution >= 0.6 is 0 Å². The number of methoxy groups -OCH3 is 1. The van der Waals surface area contributed by atoms with Crippen molar-refractivity contribution in [3.63, 3.8) is 0 Å².